The van der Waals surface area contributed by atoms with E-state index in [9.17, 15) is 9.90 Å². The SMILES string of the molecule is CC/C(CC[C@@H]1/C(=C\[Si](C)(C)C)[C@H](CC(=O)O)CC[C@H]1C)=N\N(C)C. The average molecular weight is 367 g/mol. The van der Waals surface area contributed by atoms with Gasteiger partial charge in [0.1, 0.15) is 0 Å². The third kappa shape index (κ3) is 7.76. The second kappa shape index (κ2) is 9.55. The number of allylic oxidation sites excluding steroid dienone is 1. The Morgan fingerprint density at radius 3 is 2.44 bits per heavy atom. The minimum atomic E-state index is -1.39. The van der Waals surface area contributed by atoms with Crippen LogP contribution in [-0.2, 0) is 4.79 Å². The Morgan fingerprint density at radius 1 is 1.32 bits per heavy atom. The first-order valence-corrected chi connectivity index (χ1v) is 13.3. The van der Waals surface area contributed by atoms with E-state index in [-0.39, 0.29) is 12.3 Å². The summed E-state index contributed by atoms with van der Waals surface area (Å²) in [6, 6.07) is 0. The van der Waals surface area contributed by atoms with E-state index < -0.39 is 14.0 Å². The van der Waals surface area contributed by atoms with Gasteiger partial charge in [-0.05, 0) is 49.9 Å². The van der Waals surface area contributed by atoms with E-state index in [1.807, 2.05) is 19.1 Å². The summed E-state index contributed by atoms with van der Waals surface area (Å²) >= 11 is 0. The molecule has 144 valence electrons. The van der Waals surface area contributed by atoms with Crippen molar-refractivity contribution in [3.63, 3.8) is 0 Å². The van der Waals surface area contributed by atoms with Gasteiger partial charge in [0, 0.05) is 19.8 Å². The van der Waals surface area contributed by atoms with Crippen molar-refractivity contribution in [3.05, 3.63) is 11.3 Å². The van der Waals surface area contributed by atoms with Gasteiger partial charge >= 0.3 is 5.97 Å². The van der Waals surface area contributed by atoms with E-state index >= 15 is 0 Å². The Balaban J connectivity index is 3.04. The molecule has 0 radical (unpaired) electrons. The van der Waals surface area contributed by atoms with Crippen LogP contribution in [0.5, 0.6) is 0 Å². The minimum absolute atomic E-state index is 0.223. The van der Waals surface area contributed by atoms with E-state index in [2.05, 4.69) is 44.3 Å². The predicted molar refractivity (Wildman–Crippen MR) is 110 cm³/mol. The van der Waals surface area contributed by atoms with Crippen molar-refractivity contribution in [1.29, 1.82) is 0 Å². The number of carboxylic acids is 1. The van der Waals surface area contributed by atoms with Gasteiger partial charge in [0.05, 0.1) is 14.5 Å². The molecule has 1 rings (SSSR count). The molecule has 3 atom stereocenters. The fraction of sp³-hybridized carbons (Fsp3) is 0.800. The molecule has 0 amide bonds. The Bertz CT molecular complexity index is 506. The molecule has 0 spiro atoms. The molecule has 0 aromatic heterocycles. The summed E-state index contributed by atoms with van der Waals surface area (Å²) in [5.74, 6) is 0.693. The van der Waals surface area contributed by atoms with Gasteiger partial charge in [-0.2, -0.15) is 5.10 Å². The highest BCUT2D eigenvalue weighted by atomic mass is 28.3. The Morgan fingerprint density at radius 2 is 1.96 bits per heavy atom. The Hall–Kier alpha value is -1.10. The van der Waals surface area contributed by atoms with Crippen LogP contribution in [0.4, 0.5) is 0 Å². The van der Waals surface area contributed by atoms with Crippen LogP contribution in [-0.4, -0.2) is 44.0 Å². The van der Waals surface area contributed by atoms with Crippen LogP contribution in [0.3, 0.4) is 0 Å². The molecule has 1 aliphatic rings. The zero-order valence-electron chi connectivity index (χ0n) is 17.3. The second-order valence-electron chi connectivity index (χ2n) is 8.87. The molecule has 0 bridgehead atoms. The van der Waals surface area contributed by atoms with Gasteiger partial charge < -0.3 is 10.1 Å². The highest BCUT2D eigenvalue weighted by Crippen LogP contribution is 2.43. The van der Waals surface area contributed by atoms with Crippen LogP contribution >= 0.6 is 0 Å². The van der Waals surface area contributed by atoms with Crippen molar-refractivity contribution in [2.24, 2.45) is 22.9 Å². The summed E-state index contributed by atoms with van der Waals surface area (Å²) in [5.41, 5.74) is 5.18. The van der Waals surface area contributed by atoms with Crippen LogP contribution in [0.2, 0.25) is 19.6 Å². The summed E-state index contributed by atoms with van der Waals surface area (Å²) in [4.78, 5) is 11.4. The van der Waals surface area contributed by atoms with Gasteiger partial charge in [0.2, 0.25) is 0 Å². The van der Waals surface area contributed by atoms with Gasteiger partial charge in [0.15, 0.2) is 0 Å². The quantitative estimate of drug-likeness (QED) is 0.372. The first-order chi connectivity index (χ1) is 11.5. The van der Waals surface area contributed by atoms with E-state index in [1.165, 1.54) is 11.3 Å². The number of carbonyl (C=O) groups is 1. The normalized spacial score (nSPS) is 26.8. The second-order valence-corrected chi connectivity index (χ2v) is 13.9. The van der Waals surface area contributed by atoms with Gasteiger partial charge in [-0.3, -0.25) is 4.79 Å². The molecule has 1 saturated carbocycles. The summed E-state index contributed by atoms with van der Waals surface area (Å²) in [6.45, 7) is 11.5. The number of carboxylic acid groups (broad SMARTS) is 1. The smallest absolute Gasteiger partial charge is 0.303 e. The standard InChI is InChI=1S/C20H38N2O2Si/c1-8-17(21-22(3)4)11-12-18-15(2)9-10-16(13-20(23)24)19(18)14-25(5,6)7/h14-16,18H,8-13H2,1-7H3,(H,23,24)/b19-14-,21-17+/t15-,16+,18+/m1/s1. The van der Waals surface area contributed by atoms with Crippen LogP contribution in [0.25, 0.3) is 0 Å². The average Bonchev–Trinajstić information content (AvgIpc) is 2.46. The van der Waals surface area contributed by atoms with Crippen molar-refractivity contribution in [1.82, 2.24) is 5.01 Å². The maximum absolute atomic E-state index is 11.4. The lowest BCUT2D eigenvalue weighted by molar-refractivity contribution is -0.138. The molecule has 0 unspecified atom stereocenters. The summed E-state index contributed by atoms with van der Waals surface area (Å²) in [5, 5.41) is 15.8. The van der Waals surface area contributed by atoms with Crippen molar-refractivity contribution in [2.45, 2.75) is 72.0 Å². The fourth-order valence-corrected chi connectivity index (χ4v) is 5.42. The lowest BCUT2D eigenvalue weighted by Gasteiger charge is -2.38. The van der Waals surface area contributed by atoms with Gasteiger partial charge in [-0.15, -0.1) is 0 Å². The van der Waals surface area contributed by atoms with E-state index in [1.54, 1.807) is 0 Å². The molecule has 1 aliphatic carbocycles. The van der Waals surface area contributed by atoms with Gasteiger partial charge in [-0.1, -0.05) is 44.8 Å². The highest BCUT2D eigenvalue weighted by molar-refractivity contribution is 6.81. The molecule has 5 heteroatoms. The molecule has 0 saturated heterocycles. The van der Waals surface area contributed by atoms with E-state index in [0.29, 0.717) is 11.8 Å². The van der Waals surface area contributed by atoms with Crippen LogP contribution < -0.4 is 0 Å². The van der Waals surface area contributed by atoms with Crippen molar-refractivity contribution >= 4 is 19.8 Å². The predicted octanol–water partition coefficient (Wildman–Crippen LogP) is 5.04. The van der Waals surface area contributed by atoms with E-state index in [0.717, 1.165) is 32.1 Å². The lowest BCUT2D eigenvalue weighted by atomic mass is 9.69. The van der Waals surface area contributed by atoms with Crippen molar-refractivity contribution < 1.29 is 9.90 Å². The molecule has 1 fully saturated rings. The molecule has 0 heterocycles. The monoisotopic (exact) mass is 366 g/mol. The van der Waals surface area contributed by atoms with Crippen LogP contribution in [0, 0.1) is 17.8 Å². The largest absolute Gasteiger partial charge is 0.481 e. The Labute approximate surface area is 155 Å². The van der Waals surface area contributed by atoms with Crippen molar-refractivity contribution in [2.75, 3.05) is 14.1 Å². The first kappa shape index (κ1) is 21.9. The molecule has 4 nitrogen and oxygen atoms in total. The maximum atomic E-state index is 11.4. The van der Waals surface area contributed by atoms with Gasteiger partial charge in [0.25, 0.3) is 0 Å². The first-order valence-electron chi connectivity index (χ1n) is 9.71. The fourth-order valence-electron chi connectivity index (χ4n) is 3.97. The third-order valence-corrected chi connectivity index (χ3v) is 6.27. The number of nitrogens with zero attached hydrogens (tertiary/aromatic N) is 2. The third-order valence-electron chi connectivity index (χ3n) is 5.07. The summed E-state index contributed by atoms with van der Waals surface area (Å²) in [6.07, 6.45) is 5.52. The number of hydrogen-bond acceptors (Lipinski definition) is 3. The number of hydrazone groups is 1. The molecule has 0 aromatic carbocycles. The number of hydrogen-bond donors (Lipinski definition) is 1. The van der Waals surface area contributed by atoms with E-state index in [4.69, 9.17) is 0 Å². The number of aliphatic carboxylic acids is 1. The highest BCUT2D eigenvalue weighted by Gasteiger charge is 2.34. The lowest BCUT2D eigenvalue weighted by Crippen LogP contribution is -2.31. The maximum Gasteiger partial charge on any atom is 0.303 e. The topological polar surface area (TPSA) is 52.9 Å². The zero-order chi connectivity index (χ0) is 19.2. The number of rotatable bonds is 8. The molecule has 0 aliphatic heterocycles. The molecular weight excluding hydrogens is 328 g/mol. The summed E-state index contributed by atoms with van der Waals surface area (Å²) < 4.78 is 0. The Kier molecular flexibility index (Phi) is 8.38. The molecular formula is C20H38N2O2Si. The minimum Gasteiger partial charge on any atom is -0.481 e. The van der Waals surface area contributed by atoms with Gasteiger partial charge in [-0.25, -0.2) is 0 Å². The molecule has 25 heavy (non-hydrogen) atoms. The zero-order valence-corrected chi connectivity index (χ0v) is 18.3. The summed E-state index contributed by atoms with van der Waals surface area (Å²) in [7, 11) is 2.55. The van der Waals surface area contributed by atoms with Crippen LogP contribution in [0.1, 0.15) is 52.4 Å². The molecule has 1 N–H and O–H groups in total. The van der Waals surface area contributed by atoms with Crippen molar-refractivity contribution in [3.8, 4) is 0 Å². The van der Waals surface area contributed by atoms with Crippen LogP contribution in [0.15, 0.2) is 16.4 Å². The molecule has 0 aromatic rings.